The van der Waals surface area contributed by atoms with Gasteiger partial charge in [-0.15, -0.1) is 0 Å². The molecule has 2 N–H and O–H groups in total. The lowest BCUT2D eigenvalue weighted by molar-refractivity contribution is 0.462. The summed E-state index contributed by atoms with van der Waals surface area (Å²) in [6.07, 6.45) is 5.91. The maximum Gasteiger partial charge on any atom is 0.0456 e. The Bertz CT molecular complexity index is 484. The number of para-hydroxylation sites is 1. The topological polar surface area (TPSA) is 27.8 Å². The second kappa shape index (κ2) is 7.61. The van der Waals surface area contributed by atoms with Crippen LogP contribution in [0.25, 0.3) is 10.9 Å². The summed E-state index contributed by atoms with van der Waals surface area (Å²) >= 11 is 3.92. The Morgan fingerprint density at radius 2 is 1.89 bits per heavy atom. The van der Waals surface area contributed by atoms with E-state index in [0.29, 0.717) is 0 Å². The molecule has 2 nitrogen and oxygen atoms in total. The van der Waals surface area contributed by atoms with Crippen LogP contribution in [0.1, 0.15) is 37.7 Å². The summed E-state index contributed by atoms with van der Waals surface area (Å²) in [4.78, 5) is 3.37. The minimum atomic E-state index is 0.738. The first-order valence-corrected chi connectivity index (χ1v) is 7.87. The van der Waals surface area contributed by atoms with E-state index in [9.17, 15) is 0 Å². The van der Waals surface area contributed by atoms with Crippen molar-refractivity contribution in [2.24, 2.45) is 0 Å². The number of rotatable bonds is 2. The third kappa shape index (κ3) is 3.77. The molecule has 3 heteroatoms. The highest BCUT2D eigenvalue weighted by molar-refractivity contribution is 7.80. The molecule has 0 bridgehead atoms. The zero-order valence-corrected chi connectivity index (χ0v) is 12.5. The van der Waals surface area contributed by atoms with Crippen molar-refractivity contribution in [2.45, 2.75) is 32.1 Å². The molecule has 0 spiro atoms. The third-order valence-electron chi connectivity index (χ3n) is 3.62. The quantitative estimate of drug-likeness (QED) is 0.712. The summed E-state index contributed by atoms with van der Waals surface area (Å²) in [5.74, 6) is 1.75. The SMILES string of the molecule is CCCS.c1ccc2c(C3CCNCC3)c[nH]c2c1. The predicted molar refractivity (Wildman–Crippen MR) is 87.3 cm³/mol. The van der Waals surface area contributed by atoms with Crippen LogP contribution in [-0.4, -0.2) is 23.8 Å². The van der Waals surface area contributed by atoms with Crippen molar-refractivity contribution in [1.29, 1.82) is 0 Å². The summed E-state index contributed by atoms with van der Waals surface area (Å²) in [5, 5.41) is 4.82. The molecule has 1 aliphatic rings. The fourth-order valence-corrected chi connectivity index (χ4v) is 2.56. The van der Waals surface area contributed by atoms with Gasteiger partial charge in [0.1, 0.15) is 0 Å². The second-order valence-corrected chi connectivity index (χ2v) is 5.48. The maximum atomic E-state index is 3.92. The van der Waals surface area contributed by atoms with Crippen molar-refractivity contribution in [3.05, 3.63) is 36.0 Å². The lowest BCUT2D eigenvalue weighted by Gasteiger charge is -2.22. The van der Waals surface area contributed by atoms with Gasteiger partial charge in [-0.2, -0.15) is 12.6 Å². The smallest absolute Gasteiger partial charge is 0.0456 e. The van der Waals surface area contributed by atoms with E-state index >= 15 is 0 Å². The third-order valence-corrected chi connectivity index (χ3v) is 4.07. The van der Waals surface area contributed by atoms with Crippen molar-refractivity contribution < 1.29 is 0 Å². The number of piperidine rings is 1. The van der Waals surface area contributed by atoms with Gasteiger partial charge in [0, 0.05) is 17.1 Å². The van der Waals surface area contributed by atoms with E-state index in [-0.39, 0.29) is 0 Å². The van der Waals surface area contributed by atoms with Gasteiger partial charge < -0.3 is 10.3 Å². The van der Waals surface area contributed by atoms with Crippen molar-refractivity contribution in [1.82, 2.24) is 10.3 Å². The molecule has 0 unspecified atom stereocenters. The van der Waals surface area contributed by atoms with E-state index in [4.69, 9.17) is 0 Å². The number of nitrogens with one attached hydrogen (secondary N) is 2. The summed E-state index contributed by atoms with van der Waals surface area (Å²) < 4.78 is 0. The molecule has 19 heavy (non-hydrogen) atoms. The molecular formula is C16H24N2S. The Kier molecular flexibility index (Phi) is 5.80. The van der Waals surface area contributed by atoms with E-state index in [0.717, 1.165) is 24.8 Å². The van der Waals surface area contributed by atoms with Crippen LogP contribution in [0.5, 0.6) is 0 Å². The fourth-order valence-electron chi connectivity index (χ4n) is 2.56. The lowest BCUT2D eigenvalue weighted by Crippen LogP contribution is -2.26. The van der Waals surface area contributed by atoms with Crippen LogP contribution < -0.4 is 5.32 Å². The van der Waals surface area contributed by atoms with Crippen molar-refractivity contribution in [3.8, 4) is 0 Å². The standard InChI is InChI=1S/C13H16N2.C3H8S/c1-2-4-13-11(3-1)12(9-15-13)10-5-7-14-8-6-10;1-2-3-4/h1-4,9-10,14-15H,5-8H2;4H,2-3H2,1H3. The molecule has 1 saturated heterocycles. The van der Waals surface area contributed by atoms with Crippen LogP contribution in [0.3, 0.4) is 0 Å². The van der Waals surface area contributed by atoms with Gasteiger partial charge in [0.25, 0.3) is 0 Å². The van der Waals surface area contributed by atoms with Crippen LogP contribution in [0, 0.1) is 0 Å². The highest BCUT2D eigenvalue weighted by Crippen LogP contribution is 2.30. The van der Waals surface area contributed by atoms with Gasteiger partial charge in [-0.05, 0) is 55.7 Å². The van der Waals surface area contributed by atoms with E-state index in [1.165, 1.54) is 35.7 Å². The Labute approximate surface area is 121 Å². The van der Waals surface area contributed by atoms with Crippen LogP contribution >= 0.6 is 12.6 Å². The number of aromatic amines is 1. The molecule has 1 aromatic carbocycles. The number of hydrogen-bond acceptors (Lipinski definition) is 2. The molecule has 1 aliphatic heterocycles. The molecule has 3 rings (SSSR count). The summed E-state index contributed by atoms with van der Waals surface area (Å²) in [5.41, 5.74) is 2.78. The highest BCUT2D eigenvalue weighted by Gasteiger charge is 2.17. The number of fused-ring (bicyclic) bond motifs is 1. The van der Waals surface area contributed by atoms with E-state index < -0.39 is 0 Å². The first-order valence-electron chi connectivity index (χ1n) is 7.24. The first kappa shape index (κ1) is 14.5. The average molecular weight is 276 g/mol. The average Bonchev–Trinajstić information content (AvgIpc) is 2.92. The van der Waals surface area contributed by atoms with Gasteiger partial charge in [-0.25, -0.2) is 0 Å². The van der Waals surface area contributed by atoms with Gasteiger partial charge in [0.05, 0.1) is 0 Å². The lowest BCUT2D eigenvalue weighted by atomic mass is 9.90. The summed E-state index contributed by atoms with van der Waals surface area (Å²) in [6.45, 7) is 4.42. The van der Waals surface area contributed by atoms with Gasteiger partial charge in [0.15, 0.2) is 0 Å². The largest absolute Gasteiger partial charge is 0.361 e. The molecule has 2 heterocycles. The monoisotopic (exact) mass is 276 g/mol. The number of benzene rings is 1. The number of H-pyrrole nitrogens is 1. The van der Waals surface area contributed by atoms with Gasteiger partial charge in [0.2, 0.25) is 0 Å². The second-order valence-electron chi connectivity index (χ2n) is 5.04. The fraction of sp³-hybridized carbons (Fsp3) is 0.500. The van der Waals surface area contributed by atoms with Crippen LogP contribution in [0.4, 0.5) is 0 Å². The summed E-state index contributed by atoms with van der Waals surface area (Å²) in [7, 11) is 0. The van der Waals surface area contributed by atoms with Crippen LogP contribution in [-0.2, 0) is 0 Å². The Hall–Kier alpha value is -0.930. The van der Waals surface area contributed by atoms with Crippen LogP contribution in [0.2, 0.25) is 0 Å². The van der Waals surface area contributed by atoms with E-state index in [2.05, 4.69) is 60.3 Å². The van der Waals surface area contributed by atoms with Gasteiger partial charge >= 0.3 is 0 Å². The Morgan fingerprint density at radius 3 is 2.58 bits per heavy atom. The molecule has 104 valence electrons. The zero-order valence-electron chi connectivity index (χ0n) is 11.7. The number of hydrogen-bond donors (Lipinski definition) is 3. The first-order chi connectivity index (χ1) is 9.36. The van der Waals surface area contributed by atoms with E-state index in [1.807, 2.05) is 0 Å². The normalized spacial score (nSPS) is 16.1. The van der Waals surface area contributed by atoms with Gasteiger partial charge in [-0.3, -0.25) is 0 Å². The zero-order chi connectivity index (χ0) is 13.5. The summed E-state index contributed by atoms with van der Waals surface area (Å²) in [6, 6.07) is 8.59. The molecule has 1 fully saturated rings. The predicted octanol–water partition coefficient (Wildman–Crippen LogP) is 3.96. The number of aromatic nitrogens is 1. The Morgan fingerprint density at radius 1 is 1.21 bits per heavy atom. The maximum absolute atomic E-state index is 3.92. The van der Waals surface area contributed by atoms with Crippen molar-refractivity contribution >= 4 is 23.5 Å². The van der Waals surface area contributed by atoms with E-state index in [1.54, 1.807) is 0 Å². The molecule has 0 saturated carbocycles. The highest BCUT2D eigenvalue weighted by atomic mass is 32.1. The minimum Gasteiger partial charge on any atom is -0.361 e. The molecule has 0 radical (unpaired) electrons. The number of thiol groups is 1. The Balaban J connectivity index is 0.000000297. The van der Waals surface area contributed by atoms with Crippen LogP contribution in [0.15, 0.2) is 30.5 Å². The molecular weight excluding hydrogens is 252 g/mol. The van der Waals surface area contributed by atoms with Gasteiger partial charge in [-0.1, -0.05) is 25.1 Å². The van der Waals surface area contributed by atoms with Crippen molar-refractivity contribution in [2.75, 3.05) is 18.8 Å². The molecule has 2 aromatic rings. The molecule has 0 aliphatic carbocycles. The van der Waals surface area contributed by atoms with Crippen molar-refractivity contribution in [3.63, 3.8) is 0 Å². The molecule has 0 amide bonds. The molecule has 1 aromatic heterocycles. The molecule has 0 atom stereocenters. The minimum absolute atomic E-state index is 0.738.